The standard InChI is InChI=1S/C19H15FN2O4S/c20-12-1-4-14(5-2-12)26-10-18-22-15(11-27-18)19(23)21-13-3-6-16-17(9-13)25-8-7-24-16/h1-6,9,11H,7-8,10H2,(H,21,23). The number of thiazole rings is 1. The molecule has 0 bridgehead atoms. The van der Waals surface area contributed by atoms with Gasteiger partial charge in [-0.15, -0.1) is 11.3 Å². The molecule has 1 aliphatic heterocycles. The Balaban J connectivity index is 1.37. The first-order valence-corrected chi connectivity index (χ1v) is 9.09. The molecule has 138 valence electrons. The molecule has 1 N–H and O–H groups in total. The van der Waals surface area contributed by atoms with E-state index in [0.717, 1.165) is 0 Å². The summed E-state index contributed by atoms with van der Waals surface area (Å²) in [6.07, 6.45) is 0. The number of carbonyl (C=O) groups is 1. The summed E-state index contributed by atoms with van der Waals surface area (Å²) >= 11 is 1.32. The molecule has 0 atom stereocenters. The Labute approximate surface area is 158 Å². The highest BCUT2D eigenvalue weighted by Crippen LogP contribution is 2.32. The van der Waals surface area contributed by atoms with Crippen molar-refractivity contribution in [1.29, 1.82) is 0 Å². The average Bonchev–Trinajstić information content (AvgIpc) is 3.17. The van der Waals surface area contributed by atoms with Crippen LogP contribution >= 0.6 is 11.3 Å². The van der Waals surface area contributed by atoms with E-state index in [1.807, 2.05) is 0 Å². The molecule has 2 aromatic carbocycles. The van der Waals surface area contributed by atoms with E-state index in [4.69, 9.17) is 14.2 Å². The third-order valence-corrected chi connectivity index (χ3v) is 4.58. The second kappa shape index (κ2) is 7.63. The van der Waals surface area contributed by atoms with E-state index in [1.54, 1.807) is 35.7 Å². The van der Waals surface area contributed by atoms with Gasteiger partial charge < -0.3 is 19.5 Å². The smallest absolute Gasteiger partial charge is 0.275 e. The summed E-state index contributed by atoms with van der Waals surface area (Å²) in [6.45, 7) is 1.20. The molecule has 0 saturated heterocycles. The molecule has 1 aromatic heterocycles. The Bertz CT molecular complexity index is 959. The van der Waals surface area contributed by atoms with Crippen LogP contribution < -0.4 is 19.5 Å². The minimum absolute atomic E-state index is 0.202. The molecular formula is C19H15FN2O4S. The van der Waals surface area contributed by atoms with Crippen LogP contribution in [0.3, 0.4) is 0 Å². The van der Waals surface area contributed by atoms with Crippen molar-refractivity contribution in [3.05, 3.63) is 64.4 Å². The molecule has 1 amide bonds. The van der Waals surface area contributed by atoms with Gasteiger partial charge >= 0.3 is 0 Å². The lowest BCUT2D eigenvalue weighted by Gasteiger charge is -2.18. The molecule has 0 fully saturated rings. The highest BCUT2D eigenvalue weighted by atomic mass is 32.1. The van der Waals surface area contributed by atoms with Crippen molar-refractivity contribution < 1.29 is 23.4 Å². The zero-order chi connectivity index (χ0) is 18.6. The molecule has 1 aliphatic rings. The number of ether oxygens (including phenoxy) is 3. The van der Waals surface area contributed by atoms with Crippen LogP contribution in [0.2, 0.25) is 0 Å². The summed E-state index contributed by atoms with van der Waals surface area (Å²) in [7, 11) is 0. The summed E-state index contributed by atoms with van der Waals surface area (Å²) in [5.41, 5.74) is 0.897. The number of nitrogens with zero attached hydrogens (tertiary/aromatic N) is 1. The fourth-order valence-corrected chi connectivity index (χ4v) is 3.16. The van der Waals surface area contributed by atoms with Gasteiger partial charge in [-0.25, -0.2) is 9.37 Å². The SMILES string of the molecule is O=C(Nc1ccc2c(c1)OCCO2)c1csc(COc2ccc(F)cc2)n1. The van der Waals surface area contributed by atoms with E-state index in [2.05, 4.69) is 10.3 Å². The molecule has 8 heteroatoms. The molecule has 0 unspecified atom stereocenters. The number of nitrogens with one attached hydrogen (secondary N) is 1. The Kier molecular flexibility index (Phi) is 4.88. The van der Waals surface area contributed by atoms with Gasteiger partial charge in [0.1, 0.15) is 42.1 Å². The predicted molar refractivity (Wildman–Crippen MR) is 98.2 cm³/mol. The van der Waals surface area contributed by atoms with Crippen LogP contribution in [0, 0.1) is 5.82 Å². The number of amides is 1. The van der Waals surface area contributed by atoms with Crippen LogP contribution in [0.1, 0.15) is 15.5 Å². The number of aromatic nitrogens is 1. The third-order valence-electron chi connectivity index (χ3n) is 3.76. The summed E-state index contributed by atoms with van der Waals surface area (Å²) in [5.74, 6) is 1.15. The van der Waals surface area contributed by atoms with Gasteiger partial charge in [-0.2, -0.15) is 0 Å². The first-order valence-electron chi connectivity index (χ1n) is 8.21. The highest BCUT2D eigenvalue weighted by Gasteiger charge is 2.15. The topological polar surface area (TPSA) is 69.7 Å². The van der Waals surface area contributed by atoms with Crippen molar-refractivity contribution >= 4 is 22.9 Å². The van der Waals surface area contributed by atoms with Crippen LogP contribution in [0.25, 0.3) is 0 Å². The molecule has 3 aromatic rings. The minimum atomic E-state index is -0.324. The van der Waals surface area contributed by atoms with E-state index < -0.39 is 0 Å². The first kappa shape index (κ1) is 17.3. The van der Waals surface area contributed by atoms with Gasteiger partial charge in [0.2, 0.25) is 0 Å². The molecule has 6 nitrogen and oxygen atoms in total. The van der Waals surface area contributed by atoms with Crippen LogP contribution in [0.15, 0.2) is 47.8 Å². The maximum Gasteiger partial charge on any atom is 0.275 e. The second-order valence-corrected chi connectivity index (χ2v) is 6.62. The number of fused-ring (bicyclic) bond motifs is 1. The van der Waals surface area contributed by atoms with Crippen molar-refractivity contribution in [3.8, 4) is 17.2 Å². The molecule has 0 saturated carbocycles. The lowest BCUT2D eigenvalue weighted by Crippen LogP contribution is -2.16. The summed E-state index contributed by atoms with van der Waals surface area (Å²) < 4.78 is 29.4. The van der Waals surface area contributed by atoms with E-state index in [-0.39, 0.29) is 18.3 Å². The van der Waals surface area contributed by atoms with Gasteiger partial charge in [-0.3, -0.25) is 4.79 Å². The van der Waals surface area contributed by atoms with Crippen molar-refractivity contribution in [2.45, 2.75) is 6.61 Å². The van der Waals surface area contributed by atoms with E-state index in [0.29, 0.717) is 46.9 Å². The lowest BCUT2D eigenvalue weighted by atomic mass is 10.2. The van der Waals surface area contributed by atoms with Crippen molar-refractivity contribution in [2.24, 2.45) is 0 Å². The summed E-state index contributed by atoms with van der Waals surface area (Å²) in [6, 6.07) is 10.9. The van der Waals surface area contributed by atoms with Crippen LogP contribution in [-0.4, -0.2) is 24.1 Å². The number of anilines is 1. The fourth-order valence-electron chi connectivity index (χ4n) is 2.47. The molecule has 4 rings (SSSR count). The molecule has 2 heterocycles. The fraction of sp³-hybridized carbons (Fsp3) is 0.158. The first-order chi connectivity index (χ1) is 13.2. The third kappa shape index (κ3) is 4.17. The van der Waals surface area contributed by atoms with Gasteiger partial charge in [0.15, 0.2) is 11.5 Å². The number of carbonyl (C=O) groups excluding carboxylic acids is 1. The largest absolute Gasteiger partial charge is 0.486 e. The monoisotopic (exact) mass is 386 g/mol. The maximum absolute atomic E-state index is 12.9. The second-order valence-electron chi connectivity index (χ2n) is 5.68. The summed E-state index contributed by atoms with van der Waals surface area (Å²) in [4.78, 5) is 16.7. The number of halogens is 1. The zero-order valence-corrected chi connectivity index (χ0v) is 14.9. The van der Waals surface area contributed by atoms with Crippen LogP contribution in [0.5, 0.6) is 17.2 Å². The quantitative estimate of drug-likeness (QED) is 0.721. The number of hydrogen-bond donors (Lipinski definition) is 1. The minimum Gasteiger partial charge on any atom is -0.486 e. The van der Waals surface area contributed by atoms with Crippen LogP contribution in [-0.2, 0) is 6.61 Å². The predicted octanol–water partition coefficient (Wildman–Crippen LogP) is 3.88. The van der Waals surface area contributed by atoms with Gasteiger partial charge in [0, 0.05) is 17.1 Å². The van der Waals surface area contributed by atoms with E-state index in [9.17, 15) is 9.18 Å². The molecule has 0 radical (unpaired) electrons. The Morgan fingerprint density at radius 1 is 1.15 bits per heavy atom. The zero-order valence-electron chi connectivity index (χ0n) is 14.1. The number of rotatable bonds is 5. The Hall–Kier alpha value is -3.13. The molecular weight excluding hydrogens is 371 g/mol. The Morgan fingerprint density at radius 3 is 2.74 bits per heavy atom. The van der Waals surface area contributed by atoms with Gasteiger partial charge in [0.25, 0.3) is 5.91 Å². The van der Waals surface area contributed by atoms with Gasteiger partial charge in [-0.1, -0.05) is 0 Å². The number of hydrogen-bond acceptors (Lipinski definition) is 6. The lowest BCUT2D eigenvalue weighted by molar-refractivity contribution is 0.102. The molecule has 0 aliphatic carbocycles. The van der Waals surface area contributed by atoms with Crippen molar-refractivity contribution in [1.82, 2.24) is 4.98 Å². The maximum atomic E-state index is 12.9. The van der Waals surface area contributed by atoms with Crippen LogP contribution in [0.4, 0.5) is 10.1 Å². The number of benzene rings is 2. The Morgan fingerprint density at radius 2 is 1.93 bits per heavy atom. The van der Waals surface area contributed by atoms with Gasteiger partial charge in [-0.05, 0) is 36.4 Å². The summed E-state index contributed by atoms with van der Waals surface area (Å²) in [5, 5.41) is 5.10. The van der Waals surface area contributed by atoms with Crippen molar-refractivity contribution in [2.75, 3.05) is 18.5 Å². The molecule has 27 heavy (non-hydrogen) atoms. The highest BCUT2D eigenvalue weighted by molar-refractivity contribution is 7.09. The van der Waals surface area contributed by atoms with E-state index >= 15 is 0 Å². The normalized spacial score (nSPS) is 12.5. The average molecular weight is 386 g/mol. The van der Waals surface area contributed by atoms with Crippen molar-refractivity contribution in [3.63, 3.8) is 0 Å². The van der Waals surface area contributed by atoms with Gasteiger partial charge in [0.05, 0.1) is 0 Å². The van der Waals surface area contributed by atoms with E-state index in [1.165, 1.54) is 23.5 Å². The molecule has 0 spiro atoms.